The third kappa shape index (κ3) is 5.36. The van der Waals surface area contributed by atoms with Crippen molar-refractivity contribution in [2.75, 3.05) is 18.0 Å². The number of aliphatic hydroxyl groups is 1. The molecule has 1 aliphatic rings. The molecule has 0 radical (unpaired) electrons. The number of aromatic nitrogens is 2. The van der Waals surface area contributed by atoms with Gasteiger partial charge in [0.15, 0.2) is 0 Å². The molecule has 144 valence electrons. The summed E-state index contributed by atoms with van der Waals surface area (Å²) in [4.78, 5) is 23.8. The maximum absolute atomic E-state index is 12.4. The molecule has 0 unspecified atom stereocenters. The zero-order valence-corrected chi connectivity index (χ0v) is 16.3. The maximum atomic E-state index is 12.4. The van der Waals surface area contributed by atoms with Crippen LogP contribution in [0.3, 0.4) is 0 Å². The van der Waals surface area contributed by atoms with Crippen molar-refractivity contribution in [3.05, 3.63) is 53.0 Å². The van der Waals surface area contributed by atoms with Gasteiger partial charge in [-0.1, -0.05) is 19.1 Å². The fourth-order valence-electron chi connectivity index (χ4n) is 3.48. The van der Waals surface area contributed by atoms with Gasteiger partial charge in [0, 0.05) is 43.5 Å². The number of pyridine rings is 2. The number of hydrogen-bond donors (Lipinski definition) is 1. The average molecular weight is 367 g/mol. The lowest BCUT2D eigenvalue weighted by Gasteiger charge is -2.32. The van der Waals surface area contributed by atoms with Crippen LogP contribution >= 0.6 is 0 Å². The molecule has 5 heteroatoms. The van der Waals surface area contributed by atoms with Gasteiger partial charge in [-0.05, 0) is 55.4 Å². The molecule has 2 aromatic heterocycles. The number of carbonyl (C=O) groups is 1. The number of hydrogen-bond acceptors (Lipinski definition) is 5. The van der Waals surface area contributed by atoms with Gasteiger partial charge < -0.3 is 10.0 Å². The van der Waals surface area contributed by atoms with Crippen LogP contribution in [0.1, 0.15) is 48.7 Å². The minimum atomic E-state index is -0.0281. The Morgan fingerprint density at radius 1 is 1.22 bits per heavy atom. The molecule has 5 nitrogen and oxygen atoms in total. The summed E-state index contributed by atoms with van der Waals surface area (Å²) in [5.41, 5.74) is 3.70. The number of Topliss-reactive ketones (excluding diaryl/α,β-unsaturated/α-hetero) is 1. The van der Waals surface area contributed by atoms with E-state index in [9.17, 15) is 4.79 Å². The van der Waals surface area contributed by atoms with Crippen molar-refractivity contribution in [3.63, 3.8) is 0 Å². The predicted molar refractivity (Wildman–Crippen MR) is 107 cm³/mol. The van der Waals surface area contributed by atoms with E-state index in [1.54, 1.807) is 6.20 Å². The van der Waals surface area contributed by atoms with Crippen molar-refractivity contribution in [2.45, 2.75) is 52.6 Å². The summed E-state index contributed by atoms with van der Waals surface area (Å²) in [5, 5.41) is 9.07. The van der Waals surface area contributed by atoms with Crippen molar-refractivity contribution in [1.82, 2.24) is 9.97 Å². The first-order valence-electron chi connectivity index (χ1n) is 9.83. The van der Waals surface area contributed by atoms with Gasteiger partial charge in [-0.15, -0.1) is 0 Å². The second-order valence-corrected chi connectivity index (χ2v) is 7.64. The van der Waals surface area contributed by atoms with E-state index >= 15 is 0 Å². The Kier molecular flexibility index (Phi) is 6.56. The molecule has 0 saturated carbocycles. The zero-order chi connectivity index (χ0) is 19.2. The first-order chi connectivity index (χ1) is 13.0. The van der Waals surface area contributed by atoms with Gasteiger partial charge in [0.05, 0.1) is 6.61 Å². The van der Waals surface area contributed by atoms with Gasteiger partial charge in [0.1, 0.15) is 11.6 Å². The van der Waals surface area contributed by atoms with Crippen LogP contribution in [-0.4, -0.2) is 33.9 Å². The number of ketones is 1. The highest BCUT2D eigenvalue weighted by molar-refractivity contribution is 5.80. The Labute approximate surface area is 161 Å². The lowest BCUT2D eigenvalue weighted by molar-refractivity contribution is -0.118. The van der Waals surface area contributed by atoms with E-state index in [0.29, 0.717) is 19.3 Å². The third-order valence-corrected chi connectivity index (χ3v) is 5.30. The number of anilines is 1. The molecule has 0 bridgehead atoms. The molecule has 2 aromatic rings. The SMILES string of the molecule is Cc1ccc(CCC(=O)Cc2ccc(CO)cn2)c(N2CCC(C)CC2)n1. The van der Waals surface area contributed by atoms with Crippen LogP contribution in [0.25, 0.3) is 0 Å². The van der Waals surface area contributed by atoms with Crippen molar-refractivity contribution < 1.29 is 9.90 Å². The van der Waals surface area contributed by atoms with Crippen molar-refractivity contribution in [2.24, 2.45) is 5.92 Å². The monoisotopic (exact) mass is 367 g/mol. The largest absolute Gasteiger partial charge is 0.392 e. The topological polar surface area (TPSA) is 66.3 Å². The Balaban J connectivity index is 1.62. The van der Waals surface area contributed by atoms with Crippen LogP contribution in [0.2, 0.25) is 0 Å². The molecule has 0 atom stereocenters. The minimum absolute atomic E-state index is 0.0281. The summed E-state index contributed by atoms with van der Waals surface area (Å²) in [7, 11) is 0. The predicted octanol–water partition coefficient (Wildman–Crippen LogP) is 3.26. The van der Waals surface area contributed by atoms with E-state index in [0.717, 1.165) is 47.3 Å². The van der Waals surface area contributed by atoms with E-state index in [1.807, 2.05) is 25.1 Å². The smallest absolute Gasteiger partial charge is 0.139 e. The van der Waals surface area contributed by atoms with Gasteiger partial charge in [-0.2, -0.15) is 0 Å². The number of aliphatic hydroxyl groups excluding tert-OH is 1. The normalized spacial score (nSPS) is 15.1. The van der Waals surface area contributed by atoms with Crippen LogP contribution in [0.5, 0.6) is 0 Å². The van der Waals surface area contributed by atoms with E-state index in [4.69, 9.17) is 10.1 Å². The summed E-state index contributed by atoms with van der Waals surface area (Å²) >= 11 is 0. The Morgan fingerprint density at radius 2 is 2.00 bits per heavy atom. The molecule has 1 saturated heterocycles. The quantitative estimate of drug-likeness (QED) is 0.814. The zero-order valence-electron chi connectivity index (χ0n) is 16.3. The second kappa shape index (κ2) is 9.09. The molecule has 3 heterocycles. The van der Waals surface area contributed by atoms with Crippen molar-refractivity contribution in [3.8, 4) is 0 Å². The fraction of sp³-hybridized carbons (Fsp3) is 0.500. The van der Waals surface area contributed by atoms with E-state index in [1.165, 1.54) is 12.8 Å². The first kappa shape index (κ1) is 19.5. The van der Waals surface area contributed by atoms with Crippen molar-refractivity contribution >= 4 is 11.6 Å². The lowest BCUT2D eigenvalue weighted by atomic mass is 9.98. The van der Waals surface area contributed by atoms with Gasteiger partial charge in [-0.3, -0.25) is 9.78 Å². The maximum Gasteiger partial charge on any atom is 0.139 e. The molecule has 1 fully saturated rings. The summed E-state index contributed by atoms with van der Waals surface area (Å²) in [5.74, 6) is 2.01. The third-order valence-electron chi connectivity index (χ3n) is 5.30. The Morgan fingerprint density at radius 3 is 2.67 bits per heavy atom. The Bertz CT molecular complexity index is 766. The molecular weight excluding hydrogens is 338 g/mol. The van der Waals surface area contributed by atoms with Crippen LogP contribution in [0.4, 0.5) is 5.82 Å². The summed E-state index contributed by atoms with van der Waals surface area (Å²) in [6.45, 7) is 6.38. The fourth-order valence-corrected chi connectivity index (χ4v) is 3.48. The molecule has 0 amide bonds. The molecule has 0 aliphatic carbocycles. The highest BCUT2D eigenvalue weighted by Gasteiger charge is 2.20. The number of nitrogens with zero attached hydrogens (tertiary/aromatic N) is 3. The molecule has 1 N–H and O–H groups in total. The Hall–Kier alpha value is -2.27. The summed E-state index contributed by atoms with van der Waals surface area (Å²) < 4.78 is 0. The molecule has 0 aromatic carbocycles. The number of carbonyl (C=O) groups excluding carboxylic acids is 1. The van der Waals surface area contributed by atoms with Crippen LogP contribution in [0, 0.1) is 12.8 Å². The average Bonchev–Trinajstić information content (AvgIpc) is 2.68. The van der Waals surface area contributed by atoms with E-state index in [2.05, 4.69) is 22.9 Å². The van der Waals surface area contributed by atoms with E-state index < -0.39 is 0 Å². The standard InChI is InChI=1S/C22H29N3O2/c1-16-9-11-25(12-10-16)22-19(5-3-17(2)24-22)6-8-21(27)13-20-7-4-18(15-26)14-23-20/h3-5,7,14,16,26H,6,8-13,15H2,1-2H3. The number of rotatable bonds is 7. The first-order valence-corrected chi connectivity index (χ1v) is 9.83. The van der Waals surface area contributed by atoms with E-state index in [-0.39, 0.29) is 12.4 Å². The van der Waals surface area contributed by atoms with Crippen LogP contribution in [0.15, 0.2) is 30.5 Å². The molecule has 1 aliphatic heterocycles. The van der Waals surface area contributed by atoms with Gasteiger partial charge >= 0.3 is 0 Å². The number of piperidine rings is 1. The molecule has 27 heavy (non-hydrogen) atoms. The van der Waals surface area contributed by atoms with Crippen molar-refractivity contribution in [1.29, 1.82) is 0 Å². The lowest BCUT2D eigenvalue weighted by Crippen LogP contribution is -2.34. The molecular formula is C22H29N3O2. The summed E-state index contributed by atoms with van der Waals surface area (Å²) in [6, 6.07) is 7.79. The van der Waals surface area contributed by atoms with Gasteiger partial charge in [0.25, 0.3) is 0 Å². The molecule has 3 rings (SSSR count). The molecule has 0 spiro atoms. The van der Waals surface area contributed by atoms with Gasteiger partial charge in [-0.25, -0.2) is 4.98 Å². The highest BCUT2D eigenvalue weighted by Crippen LogP contribution is 2.26. The van der Waals surface area contributed by atoms with Crippen LogP contribution < -0.4 is 4.90 Å². The highest BCUT2D eigenvalue weighted by atomic mass is 16.3. The van der Waals surface area contributed by atoms with Crippen LogP contribution in [-0.2, 0) is 24.2 Å². The second-order valence-electron chi connectivity index (χ2n) is 7.64. The number of aryl methyl sites for hydroxylation is 2. The van der Waals surface area contributed by atoms with Gasteiger partial charge in [0.2, 0.25) is 0 Å². The summed E-state index contributed by atoms with van der Waals surface area (Å²) in [6.07, 6.45) is 5.56. The minimum Gasteiger partial charge on any atom is -0.392 e.